The van der Waals surface area contributed by atoms with Crippen molar-refractivity contribution in [1.82, 2.24) is 9.30 Å². The Hall–Kier alpha value is -4.13. The van der Waals surface area contributed by atoms with Gasteiger partial charge in [-0.2, -0.15) is 0 Å². The monoisotopic (exact) mass is 457 g/mol. The molecule has 0 saturated carbocycles. The van der Waals surface area contributed by atoms with Crippen LogP contribution in [0.25, 0.3) is 16.6 Å². The number of piperazine rings is 1. The number of pyridine rings is 1. The first kappa shape index (κ1) is 21.7. The number of nitrogens with zero attached hydrogens (tertiary/aromatic N) is 3. The van der Waals surface area contributed by atoms with E-state index < -0.39 is 11.7 Å². The van der Waals surface area contributed by atoms with Crippen molar-refractivity contribution < 1.29 is 18.7 Å². The fourth-order valence-corrected chi connectivity index (χ4v) is 4.49. The molecule has 0 unspecified atom stereocenters. The molecule has 172 valence electrons. The van der Waals surface area contributed by atoms with E-state index in [0.29, 0.717) is 43.0 Å². The molecule has 0 atom stereocenters. The molecule has 0 bridgehead atoms. The van der Waals surface area contributed by atoms with Crippen LogP contribution in [0.3, 0.4) is 0 Å². The maximum Gasteiger partial charge on any atom is 0.296 e. The van der Waals surface area contributed by atoms with Gasteiger partial charge in [-0.3, -0.25) is 9.59 Å². The predicted molar refractivity (Wildman–Crippen MR) is 129 cm³/mol. The van der Waals surface area contributed by atoms with Gasteiger partial charge in [-0.15, -0.1) is 0 Å². The topological polar surface area (TPSA) is 54.3 Å². The number of hydrogen-bond donors (Lipinski definition) is 0. The lowest BCUT2D eigenvalue weighted by atomic mass is 10.0. The van der Waals surface area contributed by atoms with Crippen molar-refractivity contribution in [2.24, 2.45) is 0 Å². The standard InChI is InChI=1S/C27H24FN3O3/c1-34-24-8-3-2-7-23(24)29-14-16-30(17-15-29)27(33)26(32)25-22(19-9-11-20(28)12-10-19)18-21-6-4-5-13-31(21)25/h2-13,18H,14-17H2,1H3. The molecule has 2 aromatic heterocycles. The van der Waals surface area contributed by atoms with Crippen LogP contribution in [-0.4, -0.2) is 54.3 Å². The Morgan fingerprint density at radius 3 is 2.32 bits per heavy atom. The van der Waals surface area contributed by atoms with Crippen molar-refractivity contribution in [2.75, 3.05) is 38.2 Å². The van der Waals surface area contributed by atoms with Crippen molar-refractivity contribution >= 4 is 22.9 Å². The van der Waals surface area contributed by atoms with Crippen LogP contribution in [0.1, 0.15) is 10.5 Å². The minimum absolute atomic E-state index is 0.291. The van der Waals surface area contributed by atoms with E-state index in [2.05, 4.69) is 4.90 Å². The van der Waals surface area contributed by atoms with E-state index in [-0.39, 0.29) is 5.82 Å². The fourth-order valence-electron chi connectivity index (χ4n) is 4.49. The van der Waals surface area contributed by atoms with Crippen LogP contribution in [0.5, 0.6) is 5.75 Å². The van der Waals surface area contributed by atoms with Crippen LogP contribution in [0.2, 0.25) is 0 Å². The maximum absolute atomic E-state index is 13.5. The molecule has 1 fully saturated rings. The summed E-state index contributed by atoms with van der Waals surface area (Å²) in [6.07, 6.45) is 1.77. The number of halogens is 1. The zero-order valence-corrected chi connectivity index (χ0v) is 18.8. The first-order valence-electron chi connectivity index (χ1n) is 11.1. The molecule has 0 radical (unpaired) electrons. The lowest BCUT2D eigenvalue weighted by Gasteiger charge is -2.36. The molecule has 1 aliphatic rings. The summed E-state index contributed by atoms with van der Waals surface area (Å²) < 4.78 is 20.7. The Labute approximate surface area is 196 Å². The Kier molecular flexibility index (Phi) is 5.76. The highest BCUT2D eigenvalue weighted by Gasteiger charge is 2.31. The Morgan fingerprint density at radius 1 is 0.882 bits per heavy atom. The number of methoxy groups -OCH3 is 1. The van der Waals surface area contributed by atoms with E-state index in [1.165, 1.54) is 12.1 Å². The lowest BCUT2D eigenvalue weighted by molar-refractivity contribution is -0.126. The molecule has 1 aliphatic heterocycles. The van der Waals surface area contributed by atoms with Crippen molar-refractivity contribution in [2.45, 2.75) is 0 Å². The third-order valence-corrected chi connectivity index (χ3v) is 6.24. The number of hydrogen-bond acceptors (Lipinski definition) is 4. The summed E-state index contributed by atoms with van der Waals surface area (Å²) in [7, 11) is 1.64. The van der Waals surface area contributed by atoms with Gasteiger partial charge in [0.15, 0.2) is 0 Å². The van der Waals surface area contributed by atoms with Crippen LogP contribution in [-0.2, 0) is 4.79 Å². The number of carbonyl (C=O) groups excluding carboxylic acids is 2. The normalized spacial score (nSPS) is 13.8. The number of amides is 1. The molecule has 0 spiro atoms. The summed E-state index contributed by atoms with van der Waals surface area (Å²) in [5.41, 5.74) is 3.34. The Bertz CT molecular complexity index is 1360. The molecule has 2 aromatic carbocycles. The van der Waals surface area contributed by atoms with Gasteiger partial charge in [0.2, 0.25) is 0 Å². The SMILES string of the molecule is COc1ccccc1N1CCN(C(=O)C(=O)c2c(-c3ccc(F)cc3)cc3ccccn23)CC1. The first-order chi connectivity index (χ1) is 16.6. The highest BCUT2D eigenvalue weighted by molar-refractivity contribution is 6.43. The number of anilines is 1. The quantitative estimate of drug-likeness (QED) is 0.332. The largest absolute Gasteiger partial charge is 0.495 e. The van der Waals surface area contributed by atoms with Gasteiger partial charge in [0, 0.05) is 43.5 Å². The molecule has 3 heterocycles. The summed E-state index contributed by atoms with van der Waals surface area (Å²) in [5, 5.41) is 0. The van der Waals surface area contributed by atoms with Gasteiger partial charge < -0.3 is 18.9 Å². The molecule has 0 aliphatic carbocycles. The summed E-state index contributed by atoms with van der Waals surface area (Å²) in [4.78, 5) is 30.6. The first-order valence-corrected chi connectivity index (χ1v) is 11.1. The number of ketones is 1. The summed E-state index contributed by atoms with van der Waals surface area (Å²) in [5.74, 6) is -0.686. The van der Waals surface area contributed by atoms with Gasteiger partial charge in [-0.25, -0.2) is 4.39 Å². The third kappa shape index (κ3) is 3.90. The second-order valence-electron chi connectivity index (χ2n) is 8.19. The molecule has 4 aromatic rings. The molecule has 7 heteroatoms. The lowest BCUT2D eigenvalue weighted by Crippen LogP contribution is -2.50. The minimum Gasteiger partial charge on any atom is -0.495 e. The number of para-hydroxylation sites is 2. The number of Topliss-reactive ketones (excluding diaryl/α,β-unsaturated/α-hetero) is 1. The van der Waals surface area contributed by atoms with Gasteiger partial charge >= 0.3 is 0 Å². The molecule has 0 N–H and O–H groups in total. The zero-order chi connectivity index (χ0) is 23.7. The van der Waals surface area contributed by atoms with Crippen LogP contribution < -0.4 is 9.64 Å². The molecule has 34 heavy (non-hydrogen) atoms. The van der Waals surface area contributed by atoms with Crippen LogP contribution in [0.4, 0.5) is 10.1 Å². The van der Waals surface area contributed by atoms with E-state index >= 15 is 0 Å². The Balaban J connectivity index is 1.41. The van der Waals surface area contributed by atoms with Crippen molar-refractivity contribution in [3.63, 3.8) is 0 Å². The van der Waals surface area contributed by atoms with E-state index in [0.717, 1.165) is 17.0 Å². The fraction of sp³-hybridized carbons (Fsp3) is 0.185. The van der Waals surface area contributed by atoms with E-state index in [9.17, 15) is 14.0 Å². The number of rotatable bonds is 5. The van der Waals surface area contributed by atoms with Crippen LogP contribution in [0.15, 0.2) is 79.0 Å². The molecule has 1 amide bonds. The highest BCUT2D eigenvalue weighted by atomic mass is 19.1. The highest BCUT2D eigenvalue weighted by Crippen LogP contribution is 2.30. The molecule has 1 saturated heterocycles. The van der Waals surface area contributed by atoms with Crippen LogP contribution in [0, 0.1) is 5.82 Å². The van der Waals surface area contributed by atoms with Crippen molar-refractivity contribution in [3.8, 4) is 16.9 Å². The second-order valence-corrected chi connectivity index (χ2v) is 8.19. The smallest absolute Gasteiger partial charge is 0.296 e. The molecule has 5 rings (SSSR count). The molecular weight excluding hydrogens is 433 g/mol. The average Bonchev–Trinajstić information content (AvgIpc) is 3.28. The van der Waals surface area contributed by atoms with E-state index in [1.54, 1.807) is 34.7 Å². The summed E-state index contributed by atoms with van der Waals surface area (Å²) in [6, 6.07) is 21.1. The number of benzene rings is 2. The van der Waals surface area contributed by atoms with Gasteiger partial charge in [-0.1, -0.05) is 30.3 Å². The second kappa shape index (κ2) is 9.02. The van der Waals surface area contributed by atoms with Crippen LogP contribution >= 0.6 is 0 Å². The summed E-state index contributed by atoms with van der Waals surface area (Å²) in [6.45, 7) is 2.05. The average molecular weight is 458 g/mol. The number of aromatic nitrogens is 1. The van der Waals surface area contributed by atoms with Gasteiger partial charge in [0.05, 0.1) is 12.8 Å². The van der Waals surface area contributed by atoms with Gasteiger partial charge in [-0.05, 0) is 48.0 Å². The number of ether oxygens (including phenoxy) is 1. The Morgan fingerprint density at radius 2 is 1.59 bits per heavy atom. The summed E-state index contributed by atoms with van der Waals surface area (Å²) >= 11 is 0. The van der Waals surface area contributed by atoms with Crippen molar-refractivity contribution in [3.05, 3.63) is 90.5 Å². The molecule has 6 nitrogen and oxygen atoms in total. The van der Waals surface area contributed by atoms with Gasteiger partial charge in [0.1, 0.15) is 17.3 Å². The van der Waals surface area contributed by atoms with Crippen molar-refractivity contribution in [1.29, 1.82) is 0 Å². The zero-order valence-electron chi connectivity index (χ0n) is 18.8. The minimum atomic E-state index is -0.573. The number of carbonyl (C=O) groups is 2. The van der Waals surface area contributed by atoms with Gasteiger partial charge in [0.25, 0.3) is 11.7 Å². The molecular formula is C27H24FN3O3. The maximum atomic E-state index is 13.5. The van der Waals surface area contributed by atoms with E-state index in [1.807, 2.05) is 48.5 Å². The van der Waals surface area contributed by atoms with E-state index in [4.69, 9.17) is 4.74 Å². The number of fused-ring (bicyclic) bond motifs is 1. The predicted octanol–water partition coefficient (Wildman–Crippen LogP) is 4.29. The third-order valence-electron chi connectivity index (χ3n) is 6.24.